The molecule has 3 atom stereocenters. The zero-order chi connectivity index (χ0) is 20.4. The number of rotatable bonds is 7. The van der Waals surface area contributed by atoms with Gasteiger partial charge in [0.25, 0.3) is 0 Å². The number of phenols is 1. The van der Waals surface area contributed by atoms with Gasteiger partial charge < -0.3 is 14.6 Å². The van der Waals surface area contributed by atoms with E-state index in [1.165, 1.54) is 5.56 Å². The molecule has 29 heavy (non-hydrogen) atoms. The summed E-state index contributed by atoms with van der Waals surface area (Å²) >= 11 is 0. The van der Waals surface area contributed by atoms with Gasteiger partial charge in [-0.3, -0.25) is 9.69 Å². The number of benzene rings is 2. The van der Waals surface area contributed by atoms with Crippen LogP contribution in [0.25, 0.3) is 0 Å². The molecule has 2 aliphatic heterocycles. The summed E-state index contributed by atoms with van der Waals surface area (Å²) in [6.45, 7) is 2.99. The average molecular weight is 395 g/mol. The first-order chi connectivity index (χ1) is 14.1. The van der Waals surface area contributed by atoms with Gasteiger partial charge in [-0.25, -0.2) is 0 Å². The van der Waals surface area contributed by atoms with Crippen LogP contribution < -0.4 is 4.74 Å². The molecule has 2 heterocycles. The van der Waals surface area contributed by atoms with Crippen LogP contribution in [0.2, 0.25) is 0 Å². The van der Waals surface area contributed by atoms with Gasteiger partial charge in [0.1, 0.15) is 0 Å². The lowest BCUT2D eigenvalue weighted by atomic mass is 9.70. The number of fused-ring (bicyclic) bond motifs is 2. The van der Waals surface area contributed by atoms with Crippen LogP contribution in [0.1, 0.15) is 37.3 Å². The van der Waals surface area contributed by atoms with Gasteiger partial charge in [0.05, 0.1) is 19.1 Å². The molecule has 5 heteroatoms. The number of hydrogen-bond acceptors (Lipinski definition) is 5. The maximum atomic E-state index is 13.2. The van der Waals surface area contributed by atoms with Crippen molar-refractivity contribution in [3.63, 3.8) is 0 Å². The van der Waals surface area contributed by atoms with Crippen LogP contribution in [-0.2, 0) is 22.5 Å². The number of aromatic hydroxyl groups is 1. The van der Waals surface area contributed by atoms with Gasteiger partial charge in [0, 0.05) is 18.6 Å². The highest BCUT2D eigenvalue weighted by atomic mass is 16.5. The van der Waals surface area contributed by atoms with Crippen LogP contribution in [-0.4, -0.2) is 41.8 Å². The summed E-state index contributed by atoms with van der Waals surface area (Å²) in [5.41, 5.74) is 1.70. The van der Waals surface area contributed by atoms with Crippen molar-refractivity contribution in [1.29, 1.82) is 0 Å². The van der Waals surface area contributed by atoms with Gasteiger partial charge >= 0.3 is 5.97 Å². The molecular weight excluding hydrogens is 366 g/mol. The molecule has 154 valence electrons. The molecule has 2 aliphatic rings. The van der Waals surface area contributed by atoms with Crippen molar-refractivity contribution in [2.45, 2.75) is 51.2 Å². The van der Waals surface area contributed by atoms with E-state index >= 15 is 0 Å². The largest absolute Gasteiger partial charge is 0.504 e. The summed E-state index contributed by atoms with van der Waals surface area (Å²) in [5, 5.41) is 10.2. The molecule has 0 aliphatic carbocycles. The van der Waals surface area contributed by atoms with Crippen LogP contribution in [0.15, 0.2) is 48.5 Å². The average Bonchev–Trinajstić information content (AvgIpc) is 3.24. The van der Waals surface area contributed by atoms with Crippen molar-refractivity contribution >= 4 is 5.97 Å². The Kier molecular flexibility index (Phi) is 5.50. The maximum absolute atomic E-state index is 13.2. The van der Waals surface area contributed by atoms with E-state index in [-0.39, 0.29) is 17.8 Å². The standard InChI is InChI=1S/C24H29NO4/c1-3-29-23(27)24(14-17-7-5-4-6-8-17)15-19-10-12-22(24)25(19)16-18-9-11-21(28-2)20(26)13-18/h4-9,11,13,19,22,26H,3,10,12,14-16H2,1-2H3/t19-,22+,24+/m0/s1. The molecule has 1 N–H and O–H groups in total. The lowest BCUT2D eigenvalue weighted by Gasteiger charge is -2.35. The predicted molar refractivity (Wildman–Crippen MR) is 111 cm³/mol. The molecule has 4 rings (SSSR count). The number of hydrogen-bond donors (Lipinski definition) is 1. The van der Waals surface area contributed by atoms with E-state index in [1.807, 2.05) is 31.2 Å². The predicted octanol–water partition coefficient (Wildman–Crippen LogP) is 3.93. The van der Waals surface area contributed by atoms with E-state index in [0.717, 1.165) is 24.8 Å². The quantitative estimate of drug-likeness (QED) is 0.720. The molecule has 0 aromatic heterocycles. The van der Waals surface area contributed by atoms with Crippen molar-refractivity contribution < 1.29 is 19.4 Å². The first kappa shape index (κ1) is 19.8. The van der Waals surface area contributed by atoms with Gasteiger partial charge in [-0.2, -0.15) is 0 Å². The van der Waals surface area contributed by atoms with Gasteiger partial charge in [-0.15, -0.1) is 0 Å². The molecule has 0 saturated carbocycles. The highest BCUT2D eigenvalue weighted by Gasteiger charge is 2.60. The van der Waals surface area contributed by atoms with Crippen LogP contribution in [0.4, 0.5) is 0 Å². The molecule has 2 saturated heterocycles. The third kappa shape index (κ3) is 3.60. The number of carbonyl (C=O) groups is 1. The molecular formula is C24H29NO4. The van der Waals surface area contributed by atoms with E-state index in [1.54, 1.807) is 19.2 Å². The summed E-state index contributed by atoms with van der Waals surface area (Å²) in [6.07, 6.45) is 3.63. The van der Waals surface area contributed by atoms with Crippen molar-refractivity contribution in [3.05, 3.63) is 59.7 Å². The number of methoxy groups -OCH3 is 1. The first-order valence-electron chi connectivity index (χ1n) is 10.4. The highest BCUT2D eigenvalue weighted by molar-refractivity contribution is 5.79. The molecule has 2 aromatic carbocycles. The summed E-state index contributed by atoms with van der Waals surface area (Å²) in [7, 11) is 1.55. The van der Waals surface area contributed by atoms with E-state index < -0.39 is 5.41 Å². The number of nitrogens with zero attached hydrogens (tertiary/aromatic N) is 1. The minimum Gasteiger partial charge on any atom is -0.504 e. The summed E-state index contributed by atoms with van der Waals surface area (Å²) in [5.74, 6) is 0.555. The minimum atomic E-state index is -0.505. The van der Waals surface area contributed by atoms with Crippen molar-refractivity contribution in [3.8, 4) is 11.5 Å². The SMILES string of the molecule is CCOC(=O)[C@]1(Cc2ccccc2)C[C@@H]2CC[C@H]1N2Cc1ccc(OC)c(O)c1. The van der Waals surface area contributed by atoms with Gasteiger partial charge in [0.15, 0.2) is 11.5 Å². The Hall–Kier alpha value is -2.53. The summed E-state index contributed by atoms with van der Waals surface area (Å²) in [4.78, 5) is 15.6. The van der Waals surface area contributed by atoms with Crippen LogP contribution in [0, 0.1) is 5.41 Å². The number of esters is 1. The summed E-state index contributed by atoms with van der Waals surface area (Å²) in [6, 6.07) is 16.3. The minimum absolute atomic E-state index is 0.0707. The molecule has 0 spiro atoms. The van der Waals surface area contributed by atoms with Crippen LogP contribution >= 0.6 is 0 Å². The van der Waals surface area contributed by atoms with Crippen molar-refractivity contribution in [1.82, 2.24) is 4.90 Å². The molecule has 0 unspecified atom stereocenters. The number of carbonyl (C=O) groups excluding carboxylic acids is 1. The number of ether oxygens (including phenoxy) is 2. The fourth-order valence-corrected chi connectivity index (χ4v) is 5.31. The second-order valence-corrected chi connectivity index (χ2v) is 8.17. The third-order valence-corrected chi connectivity index (χ3v) is 6.53. The molecule has 2 fully saturated rings. The molecule has 2 bridgehead atoms. The second kappa shape index (κ2) is 8.07. The third-order valence-electron chi connectivity index (χ3n) is 6.53. The Morgan fingerprint density at radius 2 is 1.97 bits per heavy atom. The lowest BCUT2D eigenvalue weighted by Crippen LogP contribution is -2.46. The van der Waals surface area contributed by atoms with Crippen molar-refractivity contribution in [2.24, 2.45) is 5.41 Å². The summed E-state index contributed by atoms with van der Waals surface area (Å²) < 4.78 is 10.7. The Morgan fingerprint density at radius 3 is 2.66 bits per heavy atom. The van der Waals surface area contributed by atoms with Crippen LogP contribution in [0.3, 0.4) is 0 Å². The Morgan fingerprint density at radius 1 is 1.17 bits per heavy atom. The Bertz CT molecular complexity index is 868. The Balaban J connectivity index is 1.61. The fourth-order valence-electron chi connectivity index (χ4n) is 5.31. The van der Waals surface area contributed by atoms with Gasteiger partial charge in [0.2, 0.25) is 0 Å². The fraction of sp³-hybridized carbons (Fsp3) is 0.458. The molecule has 2 aromatic rings. The zero-order valence-electron chi connectivity index (χ0n) is 17.1. The highest BCUT2D eigenvalue weighted by Crippen LogP contribution is 2.53. The van der Waals surface area contributed by atoms with E-state index in [4.69, 9.17) is 9.47 Å². The van der Waals surface area contributed by atoms with Crippen molar-refractivity contribution in [2.75, 3.05) is 13.7 Å². The van der Waals surface area contributed by atoms with E-state index in [9.17, 15) is 9.90 Å². The van der Waals surface area contributed by atoms with E-state index in [0.29, 0.717) is 31.4 Å². The van der Waals surface area contributed by atoms with Gasteiger partial charge in [-0.05, 0) is 55.9 Å². The second-order valence-electron chi connectivity index (χ2n) is 8.17. The number of phenolic OH excluding ortho intramolecular Hbond substituents is 1. The molecule has 0 radical (unpaired) electrons. The lowest BCUT2D eigenvalue weighted by molar-refractivity contribution is -0.157. The maximum Gasteiger partial charge on any atom is 0.314 e. The molecule has 0 amide bonds. The molecule has 5 nitrogen and oxygen atoms in total. The topological polar surface area (TPSA) is 59.0 Å². The van der Waals surface area contributed by atoms with Crippen LogP contribution in [0.5, 0.6) is 11.5 Å². The monoisotopic (exact) mass is 395 g/mol. The van der Waals surface area contributed by atoms with Gasteiger partial charge in [-0.1, -0.05) is 36.4 Å². The zero-order valence-corrected chi connectivity index (χ0v) is 17.1. The Labute approximate surface area is 172 Å². The smallest absolute Gasteiger partial charge is 0.314 e. The first-order valence-corrected chi connectivity index (χ1v) is 10.4. The normalized spacial score (nSPS) is 25.9. The van der Waals surface area contributed by atoms with E-state index in [2.05, 4.69) is 17.0 Å².